The molecule has 1 N–H and O–H groups in total. The summed E-state index contributed by atoms with van der Waals surface area (Å²) in [7, 11) is 0. The van der Waals surface area contributed by atoms with E-state index in [1.165, 1.54) is 0 Å². The zero-order valence-corrected chi connectivity index (χ0v) is 20.2. The van der Waals surface area contributed by atoms with Gasteiger partial charge in [0, 0.05) is 24.5 Å². The number of nitrogens with zero attached hydrogens (tertiary/aromatic N) is 1. The fraction of sp³-hybridized carbons (Fsp3) is 0.417. The Labute approximate surface area is 199 Å². The number of hydrogen-bond donors (Lipinski definition) is 1. The van der Waals surface area contributed by atoms with Crippen LogP contribution in [0.1, 0.15) is 50.7 Å². The zero-order chi connectivity index (χ0) is 22.8. The van der Waals surface area contributed by atoms with E-state index < -0.39 is 6.04 Å². The molecule has 168 valence electrons. The van der Waals surface area contributed by atoms with Crippen molar-refractivity contribution in [2.45, 2.75) is 58.5 Å². The number of hydrogen-bond acceptors (Lipinski definition) is 2. The van der Waals surface area contributed by atoms with Gasteiger partial charge in [-0.05, 0) is 48.6 Å². The third-order valence-corrected chi connectivity index (χ3v) is 6.23. The van der Waals surface area contributed by atoms with Gasteiger partial charge in [0.1, 0.15) is 6.04 Å². The average Bonchev–Trinajstić information content (AvgIpc) is 2.75. The van der Waals surface area contributed by atoms with E-state index in [4.69, 9.17) is 34.8 Å². The molecule has 0 fully saturated rings. The molecular weight excluding hydrogens is 455 g/mol. The molecule has 0 radical (unpaired) electrons. The molecule has 2 rings (SSSR count). The van der Waals surface area contributed by atoms with E-state index in [1.807, 2.05) is 37.3 Å². The van der Waals surface area contributed by atoms with Crippen molar-refractivity contribution in [2.24, 2.45) is 0 Å². The van der Waals surface area contributed by atoms with Crippen molar-refractivity contribution in [3.8, 4) is 0 Å². The van der Waals surface area contributed by atoms with E-state index in [-0.39, 0.29) is 24.8 Å². The van der Waals surface area contributed by atoms with Gasteiger partial charge in [-0.3, -0.25) is 9.59 Å². The van der Waals surface area contributed by atoms with Crippen LogP contribution in [-0.2, 0) is 22.6 Å². The molecule has 2 aromatic carbocycles. The third-order valence-electron chi connectivity index (χ3n) is 5.12. The van der Waals surface area contributed by atoms with Gasteiger partial charge in [0.2, 0.25) is 11.8 Å². The Morgan fingerprint density at radius 3 is 2.39 bits per heavy atom. The van der Waals surface area contributed by atoms with Crippen LogP contribution in [0.5, 0.6) is 0 Å². The molecule has 2 aromatic rings. The lowest BCUT2D eigenvalue weighted by Gasteiger charge is -2.31. The second-order valence-corrected chi connectivity index (χ2v) is 8.65. The van der Waals surface area contributed by atoms with Crippen LogP contribution in [0.15, 0.2) is 42.5 Å². The molecule has 2 amide bonds. The van der Waals surface area contributed by atoms with Crippen molar-refractivity contribution in [1.82, 2.24) is 10.2 Å². The van der Waals surface area contributed by atoms with Crippen molar-refractivity contribution in [3.63, 3.8) is 0 Å². The maximum Gasteiger partial charge on any atom is 0.242 e. The van der Waals surface area contributed by atoms with Crippen LogP contribution >= 0.6 is 34.8 Å². The molecule has 0 aliphatic carbocycles. The molecular formula is C24H29Cl3N2O2. The number of rotatable bonds is 11. The minimum absolute atomic E-state index is 0.108. The SMILES string of the molecule is CCCCNC(=O)[C@@H](CC)N(Cc1ccc(Cl)c(Cl)c1)C(=O)CCc1ccccc1Cl. The molecule has 0 spiro atoms. The number of halogens is 3. The molecule has 0 aliphatic rings. The number of aryl methyl sites for hydroxylation is 1. The molecule has 0 saturated carbocycles. The van der Waals surface area contributed by atoms with Crippen LogP contribution in [-0.4, -0.2) is 29.3 Å². The van der Waals surface area contributed by atoms with E-state index >= 15 is 0 Å². The van der Waals surface area contributed by atoms with Gasteiger partial charge in [-0.15, -0.1) is 0 Å². The molecule has 0 aromatic heterocycles. The number of unbranched alkanes of at least 4 members (excludes halogenated alkanes) is 1. The molecule has 1 atom stereocenters. The largest absolute Gasteiger partial charge is 0.354 e. The number of carbonyl (C=O) groups is 2. The first-order valence-corrected chi connectivity index (χ1v) is 11.7. The summed E-state index contributed by atoms with van der Waals surface area (Å²) in [6.07, 6.45) is 3.15. The van der Waals surface area contributed by atoms with E-state index in [9.17, 15) is 9.59 Å². The number of amides is 2. The van der Waals surface area contributed by atoms with Crippen LogP contribution in [0.25, 0.3) is 0 Å². The topological polar surface area (TPSA) is 49.4 Å². The molecule has 0 heterocycles. The Bertz CT molecular complexity index is 889. The maximum absolute atomic E-state index is 13.3. The smallest absolute Gasteiger partial charge is 0.242 e. The summed E-state index contributed by atoms with van der Waals surface area (Å²) in [6, 6.07) is 12.2. The fourth-order valence-electron chi connectivity index (χ4n) is 3.35. The van der Waals surface area contributed by atoms with Crippen molar-refractivity contribution in [1.29, 1.82) is 0 Å². The fourth-order valence-corrected chi connectivity index (χ4v) is 3.90. The first kappa shape index (κ1) is 25.5. The van der Waals surface area contributed by atoms with Crippen LogP contribution < -0.4 is 5.32 Å². The third kappa shape index (κ3) is 7.71. The quantitative estimate of drug-likeness (QED) is 0.381. The van der Waals surface area contributed by atoms with Gasteiger partial charge in [-0.2, -0.15) is 0 Å². The summed E-state index contributed by atoms with van der Waals surface area (Å²) in [4.78, 5) is 27.8. The first-order valence-electron chi connectivity index (χ1n) is 10.6. The van der Waals surface area contributed by atoms with Crippen LogP contribution in [0.3, 0.4) is 0 Å². The zero-order valence-electron chi connectivity index (χ0n) is 18.0. The Hall–Kier alpha value is -1.75. The van der Waals surface area contributed by atoms with E-state index in [1.54, 1.807) is 17.0 Å². The second kappa shape index (κ2) is 12.9. The molecule has 0 aliphatic heterocycles. The molecule has 4 nitrogen and oxygen atoms in total. The summed E-state index contributed by atoms with van der Waals surface area (Å²) in [6.45, 7) is 4.85. The minimum Gasteiger partial charge on any atom is -0.354 e. The number of carbonyl (C=O) groups excluding carboxylic acids is 2. The van der Waals surface area contributed by atoms with Crippen molar-refractivity contribution < 1.29 is 9.59 Å². The second-order valence-electron chi connectivity index (χ2n) is 7.43. The average molecular weight is 484 g/mol. The van der Waals surface area contributed by atoms with Gasteiger partial charge >= 0.3 is 0 Å². The van der Waals surface area contributed by atoms with Gasteiger partial charge in [-0.1, -0.05) is 79.3 Å². The lowest BCUT2D eigenvalue weighted by atomic mass is 10.1. The number of nitrogens with one attached hydrogen (secondary N) is 1. The lowest BCUT2D eigenvalue weighted by Crippen LogP contribution is -2.49. The summed E-state index contributed by atoms with van der Waals surface area (Å²) in [5.74, 6) is -0.245. The Morgan fingerprint density at radius 2 is 1.74 bits per heavy atom. The van der Waals surface area contributed by atoms with E-state index in [2.05, 4.69) is 12.2 Å². The molecule has 7 heteroatoms. The van der Waals surface area contributed by atoms with Crippen LogP contribution in [0.4, 0.5) is 0 Å². The lowest BCUT2D eigenvalue weighted by molar-refractivity contribution is -0.141. The Kier molecular flexibility index (Phi) is 10.7. The van der Waals surface area contributed by atoms with Crippen molar-refractivity contribution in [2.75, 3.05) is 6.54 Å². The van der Waals surface area contributed by atoms with Crippen molar-refractivity contribution in [3.05, 3.63) is 68.7 Å². The highest BCUT2D eigenvalue weighted by Gasteiger charge is 2.28. The highest BCUT2D eigenvalue weighted by molar-refractivity contribution is 6.42. The van der Waals surface area contributed by atoms with Gasteiger partial charge in [0.25, 0.3) is 0 Å². The predicted octanol–water partition coefficient (Wildman–Crippen LogP) is 6.30. The maximum atomic E-state index is 13.3. The highest BCUT2D eigenvalue weighted by atomic mass is 35.5. The molecule has 0 bridgehead atoms. The summed E-state index contributed by atoms with van der Waals surface area (Å²) >= 11 is 18.4. The van der Waals surface area contributed by atoms with Gasteiger partial charge < -0.3 is 10.2 Å². The summed E-state index contributed by atoms with van der Waals surface area (Å²) in [5.41, 5.74) is 1.73. The Morgan fingerprint density at radius 1 is 1.00 bits per heavy atom. The van der Waals surface area contributed by atoms with Crippen molar-refractivity contribution >= 4 is 46.6 Å². The molecule has 31 heavy (non-hydrogen) atoms. The number of benzene rings is 2. The summed E-state index contributed by atoms with van der Waals surface area (Å²) in [5, 5.41) is 4.46. The van der Waals surface area contributed by atoms with Gasteiger partial charge in [0.05, 0.1) is 10.0 Å². The predicted molar refractivity (Wildman–Crippen MR) is 129 cm³/mol. The van der Waals surface area contributed by atoms with E-state index in [0.29, 0.717) is 34.5 Å². The normalized spacial score (nSPS) is 11.8. The monoisotopic (exact) mass is 482 g/mol. The van der Waals surface area contributed by atoms with E-state index in [0.717, 1.165) is 24.0 Å². The summed E-state index contributed by atoms with van der Waals surface area (Å²) < 4.78 is 0. The first-order chi connectivity index (χ1) is 14.9. The van der Waals surface area contributed by atoms with Crippen LogP contribution in [0.2, 0.25) is 15.1 Å². The highest BCUT2D eigenvalue weighted by Crippen LogP contribution is 2.25. The standard InChI is InChI=1S/C24H29Cl3N2O2/c1-3-5-14-28-24(31)22(4-2)29(16-17-10-12-20(26)21(27)15-17)23(30)13-11-18-8-6-7-9-19(18)25/h6-10,12,15,22H,3-5,11,13-14,16H2,1-2H3,(H,28,31)/t22-/m1/s1. The Balaban J connectivity index is 2.22. The van der Waals surface area contributed by atoms with Gasteiger partial charge in [-0.25, -0.2) is 0 Å². The molecule has 0 saturated heterocycles. The molecule has 0 unspecified atom stereocenters. The van der Waals surface area contributed by atoms with Crippen LogP contribution in [0, 0.1) is 0 Å². The van der Waals surface area contributed by atoms with Gasteiger partial charge in [0.15, 0.2) is 0 Å². The minimum atomic E-state index is -0.565.